The van der Waals surface area contributed by atoms with Crippen LogP contribution in [-0.2, 0) is 9.53 Å². The maximum Gasteiger partial charge on any atom is 0.254 e. The first-order valence-electron chi connectivity index (χ1n) is 3.91. The zero-order valence-electron chi connectivity index (χ0n) is 6.89. The first-order chi connectivity index (χ1) is 5.77. The molecule has 0 aliphatic carbocycles. The highest BCUT2D eigenvalue weighted by Gasteiger charge is 2.47. The molecule has 2 fully saturated rings. The summed E-state index contributed by atoms with van der Waals surface area (Å²) in [6, 6.07) is 0. The molecule has 0 radical (unpaired) electrons. The van der Waals surface area contributed by atoms with E-state index < -0.39 is 5.54 Å². The van der Waals surface area contributed by atoms with Crippen molar-refractivity contribution in [3.05, 3.63) is 0 Å². The lowest BCUT2D eigenvalue weighted by Gasteiger charge is -2.16. The predicted octanol–water partition coefficient (Wildman–Crippen LogP) is -1.15. The smallest absolute Gasteiger partial charge is 0.254 e. The number of guanidine groups is 1. The molecule has 0 aromatic rings. The minimum atomic E-state index is -0.533. The van der Waals surface area contributed by atoms with Crippen LogP contribution in [0.3, 0.4) is 0 Å². The molecule has 2 rings (SSSR count). The molecule has 2 aliphatic rings. The number of hydrogen-bond donors (Lipinski definition) is 2. The minimum absolute atomic E-state index is 0.0272. The Hall–Kier alpha value is -1.10. The summed E-state index contributed by atoms with van der Waals surface area (Å²) in [6.07, 6.45) is 0.720. The second kappa shape index (κ2) is 2.45. The van der Waals surface area contributed by atoms with Gasteiger partial charge in [0.05, 0.1) is 6.61 Å². The Bertz CT molecular complexity index is 243. The number of ether oxygens (including phenoxy) is 1. The quantitative estimate of drug-likeness (QED) is 0.481. The lowest BCUT2D eigenvalue weighted by atomic mass is 10.00. The van der Waals surface area contributed by atoms with Gasteiger partial charge in [0, 0.05) is 20.1 Å². The van der Waals surface area contributed by atoms with E-state index in [1.165, 1.54) is 0 Å². The molecule has 2 N–H and O–H groups in total. The van der Waals surface area contributed by atoms with E-state index in [-0.39, 0.29) is 5.91 Å². The van der Waals surface area contributed by atoms with Gasteiger partial charge >= 0.3 is 0 Å². The number of carbonyl (C=O) groups is 1. The van der Waals surface area contributed by atoms with Crippen molar-refractivity contribution in [1.29, 1.82) is 0 Å². The standard InChI is InChI=1S/C7H11N3O2/c1-8-6-9-5(11)7(10-6)2-3-12-4-7/h2-4H2,1H3,(H2,8,9,10,11). The van der Waals surface area contributed by atoms with Crippen molar-refractivity contribution in [2.75, 3.05) is 20.3 Å². The number of carbonyl (C=O) groups excluding carboxylic acids is 1. The van der Waals surface area contributed by atoms with Crippen LogP contribution in [0.25, 0.3) is 0 Å². The Morgan fingerprint density at radius 3 is 3.00 bits per heavy atom. The normalized spacial score (nSPS) is 37.4. The van der Waals surface area contributed by atoms with Gasteiger partial charge in [0.25, 0.3) is 5.91 Å². The third-order valence-electron chi connectivity index (χ3n) is 2.27. The van der Waals surface area contributed by atoms with E-state index in [1.807, 2.05) is 0 Å². The molecular formula is C7H11N3O2. The van der Waals surface area contributed by atoms with Crippen molar-refractivity contribution in [3.8, 4) is 0 Å². The molecule has 2 aliphatic heterocycles. The predicted molar refractivity (Wildman–Crippen MR) is 42.8 cm³/mol. The number of aliphatic imine (C=N–C) groups is 1. The third-order valence-corrected chi connectivity index (χ3v) is 2.27. The van der Waals surface area contributed by atoms with Gasteiger partial charge in [-0.25, -0.2) is 0 Å². The van der Waals surface area contributed by atoms with Crippen LogP contribution >= 0.6 is 0 Å². The number of nitrogens with zero attached hydrogens (tertiary/aromatic N) is 1. The van der Waals surface area contributed by atoms with Gasteiger partial charge in [0.15, 0.2) is 5.96 Å². The van der Waals surface area contributed by atoms with Crippen LogP contribution in [0.15, 0.2) is 4.99 Å². The topological polar surface area (TPSA) is 62.7 Å². The minimum Gasteiger partial charge on any atom is -0.378 e. The maximum absolute atomic E-state index is 11.4. The zero-order valence-corrected chi connectivity index (χ0v) is 6.89. The molecular weight excluding hydrogens is 158 g/mol. The second-order valence-electron chi connectivity index (χ2n) is 3.04. The van der Waals surface area contributed by atoms with Gasteiger partial charge in [-0.05, 0) is 0 Å². The van der Waals surface area contributed by atoms with E-state index in [4.69, 9.17) is 4.74 Å². The highest BCUT2D eigenvalue weighted by atomic mass is 16.5. The lowest BCUT2D eigenvalue weighted by Crippen LogP contribution is -2.47. The van der Waals surface area contributed by atoms with Crippen LogP contribution in [-0.4, -0.2) is 37.7 Å². The van der Waals surface area contributed by atoms with Gasteiger partial charge in [-0.3, -0.25) is 15.1 Å². The molecule has 1 spiro atoms. The zero-order chi connectivity index (χ0) is 8.60. The van der Waals surface area contributed by atoms with Crippen molar-refractivity contribution in [3.63, 3.8) is 0 Å². The van der Waals surface area contributed by atoms with E-state index >= 15 is 0 Å². The number of amides is 1. The van der Waals surface area contributed by atoms with E-state index in [0.717, 1.165) is 6.42 Å². The number of nitrogens with one attached hydrogen (secondary N) is 2. The van der Waals surface area contributed by atoms with Crippen molar-refractivity contribution < 1.29 is 9.53 Å². The van der Waals surface area contributed by atoms with Gasteiger partial charge in [-0.2, -0.15) is 0 Å². The summed E-state index contributed by atoms with van der Waals surface area (Å²) < 4.78 is 5.17. The highest BCUT2D eigenvalue weighted by Crippen LogP contribution is 2.21. The van der Waals surface area contributed by atoms with E-state index in [0.29, 0.717) is 19.2 Å². The fraction of sp³-hybridized carbons (Fsp3) is 0.714. The molecule has 66 valence electrons. The Balaban J connectivity index is 2.22. The summed E-state index contributed by atoms with van der Waals surface area (Å²) in [5.74, 6) is 0.520. The Morgan fingerprint density at radius 1 is 1.67 bits per heavy atom. The van der Waals surface area contributed by atoms with Crippen LogP contribution < -0.4 is 10.6 Å². The molecule has 1 unspecified atom stereocenters. The Kier molecular flexibility index (Phi) is 1.54. The summed E-state index contributed by atoms with van der Waals surface area (Å²) in [5, 5.41) is 5.69. The molecule has 0 aromatic heterocycles. The molecule has 12 heavy (non-hydrogen) atoms. The molecule has 0 aromatic carbocycles. The SMILES string of the molecule is CN=C1NC(=O)C2(CCOC2)N1. The van der Waals surface area contributed by atoms with Gasteiger partial charge < -0.3 is 10.1 Å². The Labute approximate surface area is 70.2 Å². The molecule has 0 saturated carbocycles. The molecule has 1 amide bonds. The van der Waals surface area contributed by atoms with Gasteiger partial charge in [0.2, 0.25) is 0 Å². The third kappa shape index (κ3) is 0.896. The van der Waals surface area contributed by atoms with Crippen LogP contribution in [0.4, 0.5) is 0 Å². The summed E-state index contributed by atoms with van der Waals surface area (Å²) in [4.78, 5) is 15.3. The molecule has 5 heteroatoms. The number of hydrogen-bond acceptors (Lipinski definition) is 3. The fourth-order valence-corrected chi connectivity index (χ4v) is 1.50. The van der Waals surface area contributed by atoms with Crippen molar-refractivity contribution in [2.24, 2.45) is 4.99 Å². The van der Waals surface area contributed by atoms with Gasteiger partial charge in [-0.15, -0.1) is 0 Å². The molecule has 0 bridgehead atoms. The highest BCUT2D eigenvalue weighted by molar-refractivity contribution is 6.09. The monoisotopic (exact) mass is 169 g/mol. The first kappa shape index (κ1) is 7.54. The second-order valence-corrected chi connectivity index (χ2v) is 3.04. The number of rotatable bonds is 0. The summed E-state index contributed by atoms with van der Waals surface area (Å²) in [5.41, 5.74) is -0.533. The van der Waals surface area contributed by atoms with E-state index in [1.54, 1.807) is 7.05 Å². The molecule has 5 nitrogen and oxygen atoms in total. The summed E-state index contributed by atoms with van der Waals surface area (Å²) in [6.45, 7) is 1.08. The average Bonchev–Trinajstić information content (AvgIpc) is 2.63. The fourth-order valence-electron chi connectivity index (χ4n) is 1.50. The summed E-state index contributed by atoms with van der Waals surface area (Å²) >= 11 is 0. The van der Waals surface area contributed by atoms with Gasteiger partial charge in [-0.1, -0.05) is 0 Å². The van der Waals surface area contributed by atoms with E-state index in [9.17, 15) is 4.79 Å². The van der Waals surface area contributed by atoms with Crippen LogP contribution in [0.1, 0.15) is 6.42 Å². The maximum atomic E-state index is 11.4. The first-order valence-corrected chi connectivity index (χ1v) is 3.91. The van der Waals surface area contributed by atoms with Crippen molar-refractivity contribution >= 4 is 11.9 Å². The van der Waals surface area contributed by atoms with Crippen LogP contribution in [0.5, 0.6) is 0 Å². The molecule has 2 saturated heterocycles. The molecule has 2 heterocycles. The largest absolute Gasteiger partial charge is 0.378 e. The average molecular weight is 169 g/mol. The van der Waals surface area contributed by atoms with Crippen LogP contribution in [0, 0.1) is 0 Å². The Morgan fingerprint density at radius 2 is 2.50 bits per heavy atom. The van der Waals surface area contributed by atoms with Crippen LogP contribution in [0.2, 0.25) is 0 Å². The molecule has 1 atom stereocenters. The lowest BCUT2D eigenvalue weighted by molar-refractivity contribution is -0.123. The van der Waals surface area contributed by atoms with Crippen molar-refractivity contribution in [2.45, 2.75) is 12.0 Å². The van der Waals surface area contributed by atoms with Crippen molar-refractivity contribution in [1.82, 2.24) is 10.6 Å². The van der Waals surface area contributed by atoms with Gasteiger partial charge in [0.1, 0.15) is 5.54 Å². The van der Waals surface area contributed by atoms with E-state index in [2.05, 4.69) is 15.6 Å². The summed E-state index contributed by atoms with van der Waals surface area (Å²) in [7, 11) is 1.64.